The fourth-order valence-electron chi connectivity index (χ4n) is 4.66. The summed E-state index contributed by atoms with van der Waals surface area (Å²) in [6.45, 7) is 2.84. The van der Waals surface area contributed by atoms with Gasteiger partial charge in [0.15, 0.2) is 5.65 Å². The number of nitrogens with one attached hydrogen (secondary N) is 2. The van der Waals surface area contributed by atoms with Crippen LogP contribution in [0, 0.1) is 0 Å². The molecule has 5 heterocycles. The average Bonchev–Trinajstić information content (AvgIpc) is 3.45. The van der Waals surface area contributed by atoms with Gasteiger partial charge < -0.3 is 20.1 Å². The second-order valence-electron chi connectivity index (χ2n) is 8.86. The molecule has 9 heteroatoms. The zero-order valence-corrected chi connectivity index (χ0v) is 20.0. The molecule has 1 aliphatic heterocycles. The summed E-state index contributed by atoms with van der Waals surface area (Å²) < 4.78 is 1.94. The number of carbonyl (C=O) groups excluding carboxylic acids is 1. The van der Waals surface area contributed by atoms with Crippen LogP contribution in [0.1, 0.15) is 10.4 Å². The molecule has 1 aromatic carbocycles. The fraction of sp³-hybridized carbons (Fsp3) is 0.143. The molecule has 1 aliphatic rings. The lowest BCUT2D eigenvalue weighted by Gasteiger charge is -2.35. The number of imidazole rings is 1. The van der Waals surface area contributed by atoms with Crippen LogP contribution >= 0.6 is 0 Å². The summed E-state index contributed by atoms with van der Waals surface area (Å²) in [5, 5.41) is 3.40. The van der Waals surface area contributed by atoms with Crippen LogP contribution < -0.4 is 15.8 Å². The summed E-state index contributed by atoms with van der Waals surface area (Å²) in [5.41, 5.74) is 4.60. The van der Waals surface area contributed by atoms with Crippen LogP contribution in [-0.2, 0) is 0 Å². The zero-order chi connectivity index (χ0) is 25.2. The smallest absolute Gasteiger partial charge is 0.253 e. The van der Waals surface area contributed by atoms with Crippen LogP contribution in [0.2, 0.25) is 0 Å². The van der Waals surface area contributed by atoms with Crippen molar-refractivity contribution >= 4 is 28.7 Å². The predicted molar refractivity (Wildman–Crippen MR) is 143 cm³/mol. The number of rotatable bonds is 5. The Labute approximate surface area is 213 Å². The van der Waals surface area contributed by atoms with Gasteiger partial charge in [0.2, 0.25) is 5.56 Å². The molecule has 1 saturated heterocycles. The minimum atomic E-state index is -0.155. The van der Waals surface area contributed by atoms with Crippen molar-refractivity contribution in [1.82, 2.24) is 24.3 Å². The number of hydrogen-bond donors (Lipinski definition) is 2. The Morgan fingerprint density at radius 2 is 1.73 bits per heavy atom. The Kier molecular flexibility index (Phi) is 5.86. The number of amides is 1. The van der Waals surface area contributed by atoms with Crippen LogP contribution in [0.4, 0.5) is 17.2 Å². The predicted octanol–water partition coefficient (Wildman–Crippen LogP) is 3.79. The molecular weight excluding hydrogens is 466 g/mol. The van der Waals surface area contributed by atoms with E-state index in [1.165, 1.54) is 0 Å². The van der Waals surface area contributed by atoms with Gasteiger partial charge >= 0.3 is 0 Å². The van der Waals surface area contributed by atoms with Crippen LogP contribution in [0.5, 0.6) is 0 Å². The van der Waals surface area contributed by atoms with Gasteiger partial charge in [-0.2, -0.15) is 0 Å². The lowest BCUT2D eigenvalue weighted by atomic mass is 10.1. The number of H-pyrrole nitrogens is 1. The SMILES string of the molecule is O=C(c1ccc(Nc2ccc(-c3cc[nH]c(=O)c3)n3ccnc23)cc1)N1CCN(c2ccccn2)CC1. The number of benzene rings is 1. The molecule has 37 heavy (non-hydrogen) atoms. The van der Waals surface area contributed by atoms with E-state index in [9.17, 15) is 9.59 Å². The highest BCUT2D eigenvalue weighted by molar-refractivity contribution is 5.95. The molecule has 0 atom stereocenters. The zero-order valence-electron chi connectivity index (χ0n) is 20.0. The largest absolute Gasteiger partial charge is 0.353 e. The van der Waals surface area contributed by atoms with E-state index in [4.69, 9.17) is 0 Å². The van der Waals surface area contributed by atoms with Crippen molar-refractivity contribution in [2.45, 2.75) is 0 Å². The number of fused-ring (bicyclic) bond motifs is 1. The molecular formula is C28H25N7O2. The van der Waals surface area contributed by atoms with E-state index >= 15 is 0 Å². The monoisotopic (exact) mass is 491 g/mol. The van der Waals surface area contributed by atoms with Crippen molar-refractivity contribution < 1.29 is 4.79 Å². The van der Waals surface area contributed by atoms with E-state index < -0.39 is 0 Å². The van der Waals surface area contributed by atoms with Crippen molar-refractivity contribution in [2.24, 2.45) is 0 Å². The summed E-state index contributed by atoms with van der Waals surface area (Å²) in [7, 11) is 0. The quantitative estimate of drug-likeness (QED) is 0.388. The fourth-order valence-corrected chi connectivity index (χ4v) is 4.66. The van der Waals surface area contributed by atoms with Crippen LogP contribution in [0.3, 0.4) is 0 Å². The number of pyridine rings is 3. The molecule has 1 amide bonds. The van der Waals surface area contributed by atoms with Crippen molar-refractivity contribution in [1.29, 1.82) is 0 Å². The van der Waals surface area contributed by atoms with Crippen LogP contribution in [-0.4, -0.2) is 56.3 Å². The summed E-state index contributed by atoms with van der Waals surface area (Å²) in [6.07, 6.45) is 7.02. The van der Waals surface area contributed by atoms with E-state index in [0.29, 0.717) is 18.7 Å². The third-order valence-corrected chi connectivity index (χ3v) is 6.57. The normalized spacial score (nSPS) is 13.6. The maximum absolute atomic E-state index is 13.1. The third kappa shape index (κ3) is 4.54. The van der Waals surface area contributed by atoms with E-state index in [-0.39, 0.29) is 11.5 Å². The Morgan fingerprint density at radius 3 is 2.49 bits per heavy atom. The molecule has 4 aromatic heterocycles. The second kappa shape index (κ2) is 9.62. The van der Waals surface area contributed by atoms with Gasteiger partial charge in [-0.05, 0) is 54.6 Å². The molecule has 0 radical (unpaired) electrons. The molecule has 0 bridgehead atoms. The van der Waals surface area contributed by atoms with Crippen molar-refractivity contribution in [3.8, 4) is 11.3 Å². The summed E-state index contributed by atoms with van der Waals surface area (Å²) >= 11 is 0. The molecule has 2 N–H and O–H groups in total. The molecule has 5 aromatic rings. The maximum Gasteiger partial charge on any atom is 0.253 e. The Hall–Kier alpha value is -4.92. The molecule has 0 unspecified atom stereocenters. The lowest BCUT2D eigenvalue weighted by molar-refractivity contribution is 0.0746. The topological polar surface area (TPSA) is 98.6 Å². The number of anilines is 3. The van der Waals surface area contributed by atoms with Gasteiger partial charge in [0.1, 0.15) is 5.82 Å². The summed E-state index contributed by atoms with van der Waals surface area (Å²) in [6, 6.07) is 20.7. The standard InChI is InChI=1S/C28H25N7O2/c36-26-19-21(10-12-30-26)24-9-8-23(27-31-13-14-35(24)27)32-22-6-4-20(5-7-22)28(37)34-17-15-33(16-18-34)25-3-1-2-11-29-25/h1-14,19,32H,15-18H2,(H,30,36). The lowest BCUT2D eigenvalue weighted by Crippen LogP contribution is -2.49. The van der Waals surface area contributed by atoms with Gasteiger partial charge in [-0.25, -0.2) is 9.97 Å². The van der Waals surface area contributed by atoms with Gasteiger partial charge in [-0.1, -0.05) is 6.07 Å². The highest BCUT2D eigenvalue weighted by Gasteiger charge is 2.22. The van der Waals surface area contributed by atoms with E-state index in [2.05, 4.69) is 25.2 Å². The molecule has 184 valence electrons. The van der Waals surface area contributed by atoms with Crippen molar-refractivity contribution in [3.05, 3.63) is 107 Å². The number of piperazine rings is 1. The van der Waals surface area contributed by atoms with Gasteiger partial charge in [0.25, 0.3) is 5.91 Å². The maximum atomic E-state index is 13.1. The first-order valence-electron chi connectivity index (χ1n) is 12.1. The second-order valence-corrected chi connectivity index (χ2v) is 8.86. The first kappa shape index (κ1) is 22.5. The first-order chi connectivity index (χ1) is 18.2. The van der Waals surface area contributed by atoms with E-state index in [1.807, 2.05) is 76.2 Å². The highest BCUT2D eigenvalue weighted by atomic mass is 16.2. The Bertz CT molecular complexity index is 1600. The molecule has 0 aliphatic carbocycles. The van der Waals surface area contributed by atoms with Crippen molar-refractivity contribution in [3.63, 3.8) is 0 Å². The molecule has 0 saturated carbocycles. The van der Waals surface area contributed by atoms with E-state index in [0.717, 1.165) is 47.2 Å². The number of nitrogens with zero attached hydrogens (tertiary/aromatic N) is 5. The number of carbonyl (C=O) groups is 1. The van der Waals surface area contributed by atoms with Gasteiger partial charge in [0, 0.05) is 73.8 Å². The van der Waals surface area contributed by atoms with Gasteiger partial charge in [0.05, 0.1) is 11.4 Å². The molecule has 6 rings (SSSR count). The molecule has 1 fully saturated rings. The number of aromatic nitrogens is 4. The molecule has 0 spiro atoms. The minimum Gasteiger partial charge on any atom is -0.353 e. The summed E-state index contributed by atoms with van der Waals surface area (Å²) in [5.74, 6) is 0.979. The van der Waals surface area contributed by atoms with Crippen LogP contribution in [0.25, 0.3) is 16.9 Å². The Morgan fingerprint density at radius 1 is 0.892 bits per heavy atom. The number of aromatic amines is 1. The highest BCUT2D eigenvalue weighted by Crippen LogP contribution is 2.27. The van der Waals surface area contributed by atoms with Gasteiger partial charge in [-0.3, -0.25) is 14.0 Å². The Balaban J connectivity index is 1.15. The van der Waals surface area contributed by atoms with Gasteiger partial charge in [-0.15, -0.1) is 0 Å². The van der Waals surface area contributed by atoms with Crippen molar-refractivity contribution in [2.75, 3.05) is 36.4 Å². The minimum absolute atomic E-state index is 0.0325. The average molecular weight is 492 g/mol. The third-order valence-electron chi connectivity index (χ3n) is 6.57. The first-order valence-corrected chi connectivity index (χ1v) is 12.1. The number of hydrogen-bond acceptors (Lipinski definition) is 6. The van der Waals surface area contributed by atoms with E-state index in [1.54, 1.807) is 24.7 Å². The summed E-state index contributed by atoms with van der Waals surface area (Å²) in [4.78, 5) is 40.5. The van der Waals surface area contributed by atoms with Crippen LogP contribution in [0.15, 0.2) is 96.3 Å². The molecule has 9 nitrogen and oxygen atoms in total.